The molecule has 0 bridgehead atoms. The summed E-state index contributed by atoms with van der Waals surface area (Å²) in [6, 6.07) is 11.4. The number of amides is 3. The Morgan fingerprint density at radius 1 is 1.08 bits per heavy atom. The lowest BCUT2D eigenvalue weighted by atomic mass is 9.84. The van der Waals surface area contributed by atoms with Gasteiger partial charge in [0.2, 0.25) is 27.7 Å². The Balaban J connectivity index is 1.66. The average Bonchev–Trinajstić information content (AvgIpc) is 3.46. The maximum Gasteiger partial charge on any atom is 0.246 e. The fourth-order valence-electron chi connectivity index (χ4n) is 5.76. The van der Waals surface area contributed by atoms with Gasteiger partial charge < -0.3 is 15.5 Å². The maximum atomic E-state index is 14.1. The first kappa shape index (κ1) is 29.0. The van der Waals surface area contributed by atoms with Gasteiger partial charge in [-0.2, -0.15) is 4.31 Å². The zero-order valence-electron chi connectivity index (χ0n) is 23.6. The number of carbonyl (C=O) groups excluding carboxylic acids is 3. The van der Waals surface area contributed by atoms with Crippen molar-refractivity contribution < 1.29 is 22.8 Å². The molecule has 2 aromatic rings. The van der Waals surface area contributed by atoms with Crippen LogP contribution in [0, 0.1) is 17.3 Å². The highest BCUT2D eigenvalue weighted by Gasteiger charge is 2.56. The Labute approximate surface area is 231 Å². The molecule has 2 N–H and O–H groups in total. The Bertz CT molecular complexity index is 1360. The molecule has 0 unspecified atom stereocenters. The number of fused-ring (bicyclic) bond motifs is 2. The highest BCUT2D eigenvalue weighted by atomic mass is 32.2. The summed E-state index contributed by atoms with van der Waals surface area (Å²) >= 11 is 0. The molecule has 10 heteroatoms. The van der Waals surface area contributed by atoms with E-state index in [9.17, 15) is 22.8 Å². The van der Waals surface area contributed by atoms with Crippen molar-refractivity contribution in [3.8, 4) is 0 Å². The molecule has 2 fully saturated rings. The molecule has 2 aliphatic rings. The largest absolute Gasteiger partial charge is 0.344 e. The van der Waals surface area contributed by atoms with Crippen LogP contribution in [0.5, 0.6) is 0 Å². The Kier molecular flexibility index (Phi) is 8.10. The van der Waals surface area contributed by atoms with Crippen LogP contribution in [0.2, 0.25) is 0 Å². The molecule has 5 atom stereocenters. The standard InChI is InChI=1S/C29H40N4O5S/c1-7-18(2)26(34)31-25(29(3,4)5)28(36)32-16-15-23-24(32)21(17-33(23)39(6,37)38)27(35)30-22-14-10-12-19-11-8-9-13-20(19)22/h8-14,18,21,23-25H,7,15-17H2,1-6H3,(H,30,35)(H,31,34)/t18-,21+,23-,24-,25-/m1/s1. The molecule has 2 saturated heterocycles. The van der Waals surface area contributed by atoms with Crippen molar-refractivity contribution in [2.45, 2.75) is 65.6 Å². The molecule has 2 aromatic carbocycles. The van der Waals surface area contributed by atoms with E-state index in [4.69, 9.17) is 0 Å². The van der Waals surface area contributed by atoms with Crippen molar-refractivity contribution >= 4 is 44.2 Å². The van der Waals surface area contributed by atoms with Crippen molar-refractivity contribution in [1.29, 1.82) is 0 Å². The van der Waals surface area contributed by atoms with Crippen LogP contribution in [-0.4, -0.2) is 72.8 Å². The summed E-state index contributed by atoms with van der Waals surface area (Å²) in [5.41, 5.74) is 0.0467. The van der Waals surface area contributed by atoms with Crippen molar-refractivity contribution in [2.75, 3.05) is 24.7 Å². The number of nitrogens with zero attached hydrogens (tertiary/aromatic N) is 2. The van der Waals surface area contributed by atoms with E-state index in [0.29, 0.717) is 25.1 Å². The third kappa shape index (κ3) is 5.82. The molecule has 0 saturated carbocycles. The second kappa shape index (κ2) is 10.9. The third-order valence-corrected chi connectivity index (χ3v) is 9.40. The third-order valence-electron chi connectivity index (χ3n) is 8.13. The molecule has 0 aliphatic carbocycles. The second-order valence-corrected chi connectivity index (χ2v) is 13.9. The van der Waals surface area contributed by atoms with Crippen LogP contribution in [0.3, 0.4) is 0 Å². The van der Waals surface area contributed by atoms with Crippen molar-refractivity contribution in [2.24, 2.45) is 17.3 Å². The predicted octanol–water partition coefficient (Wildman–Crippen LogP) is 3.22. The first-order valence-corrected chi connectivity index (χ1v) is 15.4. The number of rotatable bonds is 7. The average molecular weight is 557 g/mol. The molecule has 0 spiro atoms. The fourth-order valence-corrected chi connectivity index (χ4v) is 6.91. The predicted molar refractivity (Wildman–Crippen MR) is 152 cm³/mol. The van der Waals surface area contributed by atoms with Gasteiger partial charge in [-0.15, -0.1) is 0 Å². The lowest BCUT2D eigenvalue weighted by Crippen LogP contribution is -2.58. The number of benzene rings is 2. The lowest BCUT2D eigenvalue weighted by Gasteiger charge is -2.37. The molecule has 0 aromatic heterocycles. The van der Waals surface area contributed by atoms with Gasteiger partial charge in [0.25, 0.3) is 0 Å². The minimum absolute atomic E-state index is 0.00599. The van der Waals surface area contributed by atoms with Gasteiger partial charge in [0.05, 0.1) is 18.2 Å². The van der Waals surface area contributed by atoms with E-state index in [2.05, 4.69) is 10.6 Å². The van der Waals surface area contributed by atoms with Gasteiger partial charge in [-0.05, 0) is 29.7 Å². The highest BCUT2D eigenvalue weighted by molar-refractivity contribution is 7.88. The van der Waals surface area contributed by atoms with E-state index >= 15 is 0 Å². The van der Waals surface area contributed by atoms with Crippen LogP contribution in [0.1, 0.15) is 47.5 Å². The van der Waals surface area contributed by atoms with Crippen LogP contribution >= 0.6 is 0 Å². The van der Waals surface area contributed by atoms with E-state index in [-0.39, 0.29) is 30.2 Å². The summed E-state index contributed by atoms with van der Waals surface area (Å²) in [6.07, 6.45) is 2.21. The van der Waals surface area contributed by atoms with Crippen LogP contribution in [0.4, 0.5) is 5.69 Å². The number of hydrogen-bond acceptors (Lipinski definition) is 5. The van der Waals surface area contributed by atoms with E-state index in [1.165, 1.54) is 4.31 Å². The SMILES string of the molecule is CC[C@@H](C)C(=O)N[C@H](C(=O)N1CC[C@@H]2[C@H]1[C@@H](C(=O)Nc1cccc3ccccc13)CN2S(C)(=O)=O)C(C)(C)C. The Hall–Kier alpha value is -2.98. The summed E-state index contributed by atoms with van der Waals surface area (Å²) in [5, 5.41) is 7.81. The van der Waals surface area contributed by atoms with Crippen LogP contribution in [-0.2, 0) is 24.4 Å². The van der Waals surface area contributed by atoms with Crippen LogP contribution < -0.4 is 10.6 Å². The molecule has 2 aliphatic heterocycles. The van der Waals surface area contributed by atoms with Crippen LogP contribution in [0.15, 0.2) is 42.5 Å². The first-order chi connectivity index (χ1) is 18.2. The molecule has 3 amide bonds. The number of hydrogen-bond donors (Lipinski definition) is 2. The molecule has 39 heavy (non-hydrogen) atoms. The Morgan fingerprint density at radius 2 is 1.74 bits per heavy atom. The molecule has 4 rings (SSSR count). The summed E-state index contributed by atoms with van der Waals surface area (Å²) in [6.45, 7) is 9.71. The normalized spacial score (nSPS) is 23.3. The Morgan fingerprint density at radius 3 is 2.38 bits per heavy atom. The number of nitrogens with one attached hydrogen (secondary N) is 2. The number of carbonyl (C=O) groups is 3. The fraction of sp³-hybridized carbons (Fsp3) is 0.552. The zero-order valence-corrected chi connectivity index (χ0v) is 24.4. The zero-order chi connectivity index (χ0) is 28.7. The van der Waals surface area contributed by atoms with Gasteiger partial charge in [-0.25, -0.2) is 8.42 Å². The van der Waals surface area contributed by atoms with Crippen molar-refractivity contribution in [3.63, 3.8) is 0 Å². The van der Waals surface area contributed by atoms with E-state index in [0.717, 1.165) is 17.0 Å². The topological polar surface area (TPSA) is 116 Å². The van der Waals surface area contributed by atoms with E-state index in [1.807, 2.05) is 77.1 Å². The van der Waals surface area contributed by atoms with Crippen molar-refractivity contribution in [3.05, 3.63) is 42.5 Å². The summed E-state index contributed by atoms with van der Waals surface area (Å²) in [5.74, 6) is -1.83. The molecular formula is C29H40N4O5S. The monoisotopic (exact) mass is 556 g/mol. The van der Waals surface area contributed by atoms with Gasteiger partial charge >= 0.3 is 0 Å². The first-order valence-electron chi connectivity index (χ1n) is 13.6. The number of sulfonamides is 1. The highest BCUT2D eigenvalue weighted by Crippen LogP contribution is 2.39. The minimum atomic E-state index is -3.62. The number of likely N-dealkylation sites (tertiary alicyclic amines) is 1. The number of anilines is 1. The second-order valence-electron chi connectivity index (χ2n) is 12.0. The van der Waals surface area contributed by atoms with E-state index < -0.39 is 39.5 Å². The van der Waals surface area contributed by atoms with Gasteiger partial charge in [0, 0.05) is 36.1 Å². The summed E-state index contributed by atoms with van der Waals surface area (Å²) in [4.78, 5) is 42.3. The van der Waals surface area contributed by atoms with Gasteiger partial charge in [0.1, 0.15) is 6.04 Å². The summed E-state index contributed by atoms with van der Waals surface area (Å²) < 4.78 is 26.8. The summed E-state index contributed by atoms with van der Waals surface area (Å²) in [7, 11) is -3.62. The molecule has 9 nitrogen and oxygen atoms in total. The van der Waals surface area contributed by atoms with E-state index in [1.54, 1.807) is 4.90 Å². The minimum Gasteiger partial charge on any atom is -0.344 e. The van der Waals surface area contributed by atoms with Crippen molar-refractivity contribution in [1.82, 2.24) is 14.5 Å². The molecule has 0 radical (unpaired) electrons. The van der Waals surface area contributed by atoms with Crippen LogP contribution in [0.25, 0.3) is 10.8 Å². The smallest absolute Gasteiger partial charge is 0.246 e. The molecule has 212 valence electrons. The van der Waals surface area contributed by atoms with Gasteiger partial charge in [0.15, 0.2) is 0 Å². The van der Waals surface area contributed by atoms with Gasteiger partial charge in [-0.3, -0.25) is 14.4 Å². The van der Waals surface area contributed by atoms with Gasteiger partial charge in [-0.1, -0.05) is 71.0 Å². The lowest BCUT2D eigenvalue weighted by molar-refractivity contribution is -0.142. The molecular weight excluding hydrogens is 516 g/mol. The quantitative estimate of drug-likeness (QED) is 0.543. The maximum absolute atomic E-state index is 14.1. The molecule has 2 heterocycles.